The lowest BCUT2D eigenvalue weighted by Gasteiger charge is -2.34. The van der Waals surface area contributed by atoms with Crippen molar-refractivity contribution in [3.05, 3.63) is 70.3 Å². The minimum atomic E-state index is -0.0410. The molecule has 1 amide bonds. The molecule has 0 aromatic heterocycles. The Balaban J connectivity index is 1.57. The average Bonchev–Trinajstić information content (AvgIpc) is 3.20. The van der Waals surface area contributed by atoms with Crippen LogP contribution in [0.25, 0.3) is 0 Å². The highest BCUT2D eigenvalue weighted by Crippen LogP contribution is 2.34. The lowest BCUT2D eigenvalue weighted by molar-refractivity contribution is -0.134. The van der Waals surface area contributed by atoms with Crippen LogP contribution < -0.4 is 0 Å². The number of benzene rings is 2. The molecule has 0 saturated carbocycles. The Morgan fingerprint density at radius 2 is 1.58 bits per heavy atom. The normalized spacial score (nSPS) is 20.2. The van der Waals surface area contributed by atoms with E-state index in [1.807, 2.05) is 0 Å². The minimum absolute atomic E-state index is 0.0410. The van der Waals surface area contributed by atoms with E-state index in [9.17, 15) is 4.79 Å². The van der Waals surface area contributed by atoms with Crippen LogP contribution >= 0.6 is 0 Å². The second kappa shape index (κ2) is 9.33. The number of amides is 1. The van der Waals surface area contributed by atoms with Crippen LogP contribution in [0.3, 0.4) is 0 Å². The summed E-state index contributed by atoms with van der Waals surface area (Å²) < 4.78 is 0. The van der Waals surface area contributed by atoms with Crippen LogP contribution in [0.15, 0.2) is 47.6 Å². The third-order valence-electron chi connectivity index (χ3n) is 6.59. The predicted octanol–water partition coefficient (Wildman–Crippen LogP) is 3.93. The summed E-state index contributed by atoms with van der Waals surface area (Å²) in [4.78, 5) is 18.1. The number of carbonyl (C=O) groups is 1. The van der Waals surface area contributed by atoms with Crippen molar-refractivity contribution < 1.29 is 4.79 Å². The molecule has 0 N–H and O–H groups in total. The first-order chi connectivity index (χ1) is 14.9. The minimum Gasteiger partial charge on any atom is -0.301 e. The quantitative estimate of drug-likeness (QED) is 0.739. The summed E-state index contributed by atoms with van der Waals surface area (Å²) in [5.74, 6) is 0.0929. The van der Waals surface area contributed by atoms with Crippen LogP contribution in [-0.4, -0.2) is 65.7 Å². The number of rotatable bonds is 5. The van der Waals surface area contributed by atoms with Crippen molar-refractivity contribution in [1.82, 2.24) is 14.8 Å². The topological polar surface area (TPSA) is 39.1 Å². The van der Waals surface area contributed by atoms with Crippen LogP contribution in [-0.2, 0) is 4.79 Å². The second-order valence-corrected chi connectivity index (χ2v) is 8.94. The van der Waals surface area contributed by atoms with Crippen LogP contribution in [0.5, 0.6) is 0 Å². The molecule has 2 aromatic rings. The van der Waals surface area contributed by atoms with Crippen molar-refractivity contribution in [2.24, 2.45) is 5.10 Å². The van der Waals surface area contributed by atoms with Crippen molar-refractivity contribution in [1.29, 1.82) is 0 Å². The Hall–Kier alpha value is -2.50. The number of hydrogen-bond acceptors (Lipinski definition) is 4. The molecule has 0 unspecified atom stereocenters. The Kier molecular flexibility index (Phi) is 6.54. The molecule has 1 fully saturated rings. The van der Waals surface area contributed by atoms with Crippen molar-refractivity contribution >= 4 is 11.6 Å². The van der Waals surface area contributed by atoms with Crippen molar-refractivity contribution in [2.75, 3.05) is 39.3 Å². The van der Waals surface area contributed by atoms with Gasteiger partial charge >= 0.3 is 0 Å². The van der Waals surface area contributed by atoms with E-state index in [0.29, 0.717) is 6.54 Å². The fraction of sp³-hybridized carbons (Fsp3) is 0.462. The van der Waals surface area contributed by atoms with Crippen molar-refractivity contribution in [3.63, 3.8) is 0 Å². The van der Waals surface area contributed by atoms with Gasteiger partial charge in [0.2, 0.25) is 0 Å². The molecule has 2 aliphatic rings. The first-order valence-corrected chi connectivity index (χ1v) is 11.4. The Morgan fingerprint density at radius 1 is 0.935 bits per heavy atom. The summed E-state index contributed by atoms with van der Waals surface area (Å²) in [6.07, 6.45) is 0.752. The van der Waals surface area contributed by atoms with E-state index in [4.69, 9.17) is 5.10 Å². The van der Waals surface area contributed by atoms with Gasteiger partial charge in [-0.3, -0.25) is 9.69 Å². The first-order valence-electron chi connectivity index (χ1n) is 11.4. The molecule has 2 aliphatic heterocycles. The molecular weight excluding hydrogens is 384 g/mol. The van der Waals surface area contributed by atoms with Gasteiger partial charge in [0.05, 0.1) is 18.3 Å². The lowest BCUT2D eigenvalue weighted by Crippen LogP contribution is -2.49. The Bertz CT molecular complexity index is 958. The van der Waals surface area contributed by atoms with Crippen molar-refractivity contribution in [3.8, 4) is 0 Å². The number of likely N-dealkylation sites (N-methyl/N-ethyl adjacent to an activating group) is 1. The highest BCUT2D eigenvalue weighted by Gasteiger charge is 2.34. The monoisotopic (exact) mass is 418 g/mol. The molecule has 0 spiro atoms. The van der Waals surface area contributed by atoms with Gasteiger partial charge in [0.1, 0.15) is 0 Å². The molecule has 2 aromatic carbocycles. The average molecular weight is 419 g/mol. The zero-order valence-corrected chi connectivity index (χ0v) is 19.3. The summed E-state index contributed by atoms with van der Waals surface area (Å²) in [6, 6.07) is 14.9. The van der Waals surface area contributed by atoms with Gasteiger partial charge in [-0.1, -0.05) is 60.5 Å². The highest BCUT2D eigenvalue weighted by molar-refractivity contribution is 6.04. The van der Waals surface area contributed by atoms with E-state index in [-0.39, 0.29) is 11.9 Å². The summed E-state index contributed by atoms with van der Waals surface area (Å²) in [7, 11) is 0. The van der Waals surface area contributed by atoms with Crippen LogP contribution in [0, 0.1) is 20.8 Å². The number of aryl methyl sites for hydroxylation is 3. The largest absolute Gasteiger partial charge is 0.301 e. The van der Waals surface area contributed by atoms with E-state index in [1.165, 1.54) is 16.7 Å². The fourth-order valence-electron chi connectivity index (χ4n) is 4.62. The number of piperazine rings is 1. The van der Waals surface area contributed by atoms with E-state index in [0.717, 1.165) is 56.0 Å². The molecule has 1 saturated heterocycles. The predicted molar refractivity (Wildman–Crippen MR) is 126 cm³/mol. The molecule has 0 radical (unpaired) electrons. The molecule has 0 aliphatic carbocycles. The Labute approximate surface area is 186 Å². The SMILES string of the molecule is CCN1CCN(CC(=O)N2N=C(c3ccc(C)cc3C)C[C@H]2c2ccc(C)cc2)CC1. The summed E-state index contributed by atoms with van der Waals surface area (Å²) in [6.45, 7) is 14.0. The number of hydrogen-bond donors (Lipinski definition) is 0. The molecule has 1 atom stereocenters. The van der Waals surface area contributed by atoms with Crippen LogP contribution in [0.1, 0.15) is 47.2 Å². The van der Waals surface area contributed by atoms with E-state index >= 15 is 0 Å². The molecule has 5 heteroatoms. The maximum Gasteiger partial charge on any atom is 0.257 e. The summed E-state index contributed by atoms with van der Waals surface area (Å²) in [5, 5.41) is 6.64. The highest BCUT2D eigenvalue weighted by atomic mass is 16.2. The second-order valence-electron chi connectivity index (χ2n) is 8.94. The van der Waals surface area contributed by atoms with Gasteiger partial charge in [-0.2, -0.15) is 5.10 Å². The molecule has 5 nitrogen and oxygen atoms in total. The first kappa shape index (κ1) is 21.7. The molecular formula is C26H34N4O. The fourth-order valence-corrected chi connectivity index (χ4v) is 4.62. The molecule has 0 bridgehead atoms. The number of hydrazone groups is 1. The third kappa shape index (κ3) is 4.89. The molecule has 31 heavy (non-hydrogen) atoms. The van der Waals surface area contributed by atoms with Gasteiger partial charge in [-0.05, 0) is 38.4 Å². The zero-order valence-electron chi connectivity index (χ0n) is 19.3. The summed E-state index contributed by atoms with van der Waals surface area (Å²) >= 11 is 0. The van der Waals surface area contributed by atoms with Gasteiger partial charge in [-0.15, -0.1) is 0 Å². The van der Waals surface area contributed by atoms with Gasteiger partial charge in [-0.25, -0.2) is 5.01 Å². The number of carbonyl (C=O) groups excluding carboxylic acids is 1. The number of nitrogens with zero attached hydrogens (tertiary/aromatic N) is 4. The van der Waals surface area contributed by atoms with Crippen LogP contribution in [0.2, 0.25) is 0 Å². The summed E-state index contributed by atoms with van der Waals surface area (Å²) in [5.41, 5.74) is 6.99. The van der Waals surface area contributed by atoms with Crippen LogP contribution in [0.4, 0.5) is 0 Å². The zero-order chi connectivity index (χ0) is 22.0. The van der Waals surface area contributed by atoms with Gasteiger partial charge in [0, 0.05) is 38.2 Å². The maximum atomic E-state index is 13.4. The smallest absolute Gasteiger partial charge is 0.257 e. The van der Waals surface area contributed by atoms with Gasteiger partial charge in [0.25, 0.3) is 5.91 Å². The Morgan fingerprint density at radius 3 is 2.23 bits per heavy atom. The van der Waals surface area contributed by atoms with E-state index in [2.05, 4.69) is 80.0 Å². The third-order valence-corrected chi connectivity index (χ3v) is 6.59. The standard InChI is InChI=1S/C26H34N4O/c1-5-28-12-14-29(15-13-28)18-26(31)30-25(22-9-6-19(2)7-10-22)17-24(27-30)23-11-8-20(3)16-21(23)4/h6-11,16,25H,5,12-15,17-18H2,1-4H3/t25-/m0/s1. The lowest BCUT2D eigenvalue weighted by atomic mass is 9.95. The van der Waals surface area contributed by atoms with E-state index < -0.39 is 0 Å². The van der Waals surface area contributed by atoms with Gasteiger partial charge < -0.3 is 4.90 Å². The van der Waals surface area contributed by atoms with Crippen molar-refractivity contribution in [2.45, 2.75) is 40.2 Å². The maximum absolute atomic E-state index is 13.4. The molecule has 4 rings (SSSR count). The molecule has 2 heterocycles. The van der Waals surface area contributed by atoms with Gasteiger partial charge in [0.15, 0.2) is 0 Å². The molecule has 164 valence electrons. The van der Waals surface area contributed by atoms with E-state index in [1.54, 1.807) is 5.01 Å².